The van der Waals surface area contributed by atoms with Gasteiger partial charge in [-0.05, 0) is 37.1 Å². The van der Waals surface area contributed by atoms with Crippen molar-refractivity contribution in [3.8, 4) is 0 Å². The number of rotatable bonds is 4. The summed E-state index contributed by atoms with van der Waals surface area (Å²) in [6.45, 7) is 0. The lowest BCUT2D eigenvalue weighted by Crippen LogP contribution is -2.12. The van der Waals surface area contributed by atoms with Crippen LogP contribution in [0.5, 0.6) is 0 Å². The highest BCUT2D eigenvalue weighted by Crippen LogP contribution is 2.30. The maximum atomic E-state index is 12.6. The van der Waals surface area contributed by atoms with Gasteiger partial charge in [0, 0.05) is 10.8 Å². The summed E-state index contributed by atoms with van der Waals surface area (Å²) in [6, 6.07) is 5.45. The summed E-state index contributed by atoms with van der Waals surface area (Å²) in [6.07, 6.45) is 1.86. The number of hydrogen-bond acceptors (Lipinski definition) is 2. The van der Waals surface area contributed by atoms with Gasteiger partial charge < -0.3 is 0 Å². The monoisotopic (exact) mass is 226 g/mol. The summed E-state index contributed by atoms with van der Waals surface area (Å²) in [7, 11) is -1.32. The van der Waals surface area contributed by atoms with Crippen molar-refractivity contribution in [1.29, 1.82) is 0 Å². The molecule has 1 atom stereocenters. The highest BCUT2D eigenvalue weighted by Gasteiger charge is 2.30. The van der Waals surface area contributed by atoms with Gasteiger partial charge in [0.2, 0.25) is 0 Å². The topological polar surface area (TPSA) is 34.1 Å². The van der Waals surface area contributed by atoms with Gasteiger partial charge in [0.05, 0.1) is 16.6 Å². The Labute approximate surface area is 90.0 Å². The molecule has 80 valence electrons. The first-order valence-electron chi connectivity index (χ1n) is 4.83. The lowest BCUT2D eigenvalue weighted by Gasteiger charge is -2.00. The molecule has 1 aromatic carbocycles. The molecule has 1 saturated carbocycles. The first-order chi connectivity index (χ1) is 7.16. The Hall–Kier alpha value is -1.03. The van der Waals surface area contributed by atoms with Crippen molar-refractivity contribution in [2.75, 3.05) is 5.75 Å². The summed E-state index contributed by atoms with van der Waals surface area (Å²) in [5, 5.41) is 0. The second kappa shape index (κ2) is 4.23. The van der Waals surface area contributed by atoms with Crippen molar-refractivity contribution in [3.05, 3.63) is 30.1 Å². The Bertz CT molecular complexity index is 396. The Balaban J connectivity index is 2.00. The van der Waals surface area contributed by atoms with Crippen LogP contribution < -0.4 is 0 Å². The average Bonchev–Trinajstić information content (AvgIpc) is 3.01. The van der Waals surface area contributed by atoms with E-state index in [1.54, 1.807) is 0 Å². The van der Waals surface area contributed by atoms with Gasteiger partial charge in [-0.25, -0.2) is 4.39 Å². The molecule has 4 heteroatoms. The fourth-order valence-corrected chi connectivity index (χ4v) is 2.42. The molecule has 1 aliphatic carbocycles. The first kappa shape index (κ1) is 10.5. The van der Waals surface area contributed by atoms with E-state index >= 15 is 0 Å². The van der Waals surface area contributed by atoms with Crippen molar-refractivity contribution in [1.82, 2.24) is 0 Å². The Morgan fingerprint density at radius 3 is 2.47 bits per heavy atom. The number of Topliss-reactive ketones (excluding diaryl/α,β-unsaturated/α-hetero) is 1. The van der Waals surface area contributed by atoms with Crippen molar-refractivity contribution in [2.24, 2.45) is 5.92 Å². The summed E-state index contributed by atoms with van der Waals surface area (Å²) >= 11 is 0. The summed E-state index contributed by atoms with van der Waals surface area (Å²) < 4.78 is 24.3. The van der Waals surface area contributed by atoms with Crippen LogP contribution in [-0.2, 0) is 15.6 Å². The molecule has 1 unspecified atom stereocenters. The van der Waals surface area contributed by atoms with Gasteiger partial charge in [0.15, 0.2) is 0 Å². The number of carbonyl (C=O) groups is 1. The largest absolute Gasteiger partial charge is 0.298 e. The SMILES string of the molecule is O=C(CS(=O)c1ccc(F)cc1)C1CC1. The Morgan fingerprint density at radius 2 is 1.93 bits per heavy atom. The smallest absolute Gasteiger partial charge is 0.148 e. The lowest BCUT2D eigenvalue weighted by atomic mass is 10.3. The van der Waals surface area contributed by atoms with Crippen molar-refractivity contribution < 1.29 is 13.4 Å². The summed E-state index contributed by atoms with van der Waals surface area (Å²) in [4.78, 5) is 11.9. The molecule has 0 aliphatic heterocycles. The average molecular weight is 226 g/mol. The molecule has 2 nitrogen and oxygen atoms in total. The number of carbonyl (C=O) groups excluding carboxylic acids is 1. The zero-order chi connectivity index (χ0) is 10.8. The van der Waals surface area contributed by atoms with Crippen molar-refractivity contribution in [3.63, 3.8) is 0 Å². The van der Waals surface area contributed by atoms with E-state index in [-0.39, 0.29) is 23.3 Å². The molecule has 1 aliphatic rings. The highest BCUT2D eigenvalue weighted by molar-refractivity contribution is 7.85. The quantitative estimate of drug-likeness (QED) is 0.786. The standard InChI is InChI=1S/C11H11FO2S/c12-9-3-5-10(6-4-9)15(14)7-11(13)8-1-2-8/h3-6,8H,1-2,7H2. The Morgan fingerprint density at radius 1 is 1.33 bits per heavy atom. The van der Waals surface area contributed by atoms with E-state index in [0.29, 0.717) is 4.90 Å². The summed E-state index contributed by atoms with van der Waals surface area (Å²) in [5.41, 5.74) is 0. The van der Waals surface area contributed by atoms with E-state index in [1.807, 2.05) is 0 Å². The third kappa shape index (κ3) is 2.72. The van der Waals surface area contributed by atoms with Gasteiger partial charge in [0.1, 0.15) is 11.6 Å². The Kier molecular flexibility index (Phi) is 2.95. The van der Waals surface area contributed by atoms with Crippen molar-refractivity contribution >= 4 is 16.6 Å². The van der Waals surface area contributed by atoms with Gasteiger partial charge in [-0.2, -0.15) is 0 Å². The van der Waals surface area contributed by atoms with Crippen LogP contribution in [-0.4, -0.2) is 15.7 Å². The summed E-state index contributed by atoms with van der Waals surface area (Å²) in [5.74, 6) is -0.0904. The predicted octanol–water partition coefficient (Wildman–Crippen LogP) is 1.91. The molecular weight excluding hydrogens is 215 g/mol. The molecule has 0 N–H and O–H groups in total. The lowest BCUT2D eigenvalue weighted by molar-refractivity contribution is -0.117. The fourth-order valence-electron chi connectivity index (χ4n) is 1.32. The van der Waals surface area contributed by atoms with E-state index in [2.05, 4.69) is 0 Å². The number of halogens is 1. The molecule has 0 spiro atoms. The molecule has 2 rings (SSSR count). The van der Waals surface area contributed by atoms with E-state index < -0.39 is 10.8 Å². The van der Waals surface area contributed by atoms with Crippen LogP contribution in [0, 0.1) is 11.7 Å². The van der Waals surface area contributed by atoms with E-state index in [9.17, 15) is 13.4 Å². The van der Waals surface area contributed by atoms with Gasteiger partial charge in [0.25, 0.3) is 0 Å². The van der Waals surface area contributed by atoms with Gasteiger partial charge in [-0.3, -0.25) is 9.00 Å². The van der Waals surface area contributed by atoms with Crippen molar-refractivity contribution in [2.45, 2.75) is 17.7 Å². The molecule has 0 bridgehead atoms. The number of hydrogen-bond donors (Lipinski definition) is 0. The first-order valence-corrected chi connectivity index (χ1v) is 6.15. The van der Waals surface area contributed by atoms with Crippen LogP contribution in [0.3, 0.4) is 0 Å². The van der Waals surface area contributed by atoms with E-state index in [4.69, 9.17) is 0 Å². The third-order valence-electron chi connectivity index (χ3n) is 2.38. The highest BCUT2D eigenvalue weighted by atomic mass is 32.2. The van der Waals surface area contributed by atoms with Crippen LogP contribution in [0.15, 0.2) is 29.2 Å². The predicted molar refractivity (Wildman–Crippen MR) is 55.4 cm³/mol. The maximum Gasteiger partial charge on any atom is 0.148 e. The van der Waals surface area contributed by atoms with Gasteiger partial charge in [-0.15, -0.1) is 0 Å². The second-order valence-corrected chi connectivity index (χ2v) is 5.14. The van der Waals surface area contributed by atoms with Gasteiger partial charge in [-0.1, -0.05) is 0 Å². The number of benzene rings is 1. The van der Waals surface area contributed by atoms with Crippen LogP contribution >= 0.6 is 0 Å². The minimum atomic E-state index is -1.32. The van der Waals surface area contributed by atoms with Crippen LogP contribution in [0.25, 0.3) is 0 Å². The molecule has 1 fully saturated rings. The third-order valence-corrected chi connectivity index (χ3v) is 3.73. The molecule has 0 heterocycles. The molecule has 0 saturated heterocycles. The zero-order valence-electron chi connectivity index (χ0n) is 8.11. The van der Waals surface area contributed by atoms with Crippen LogP contribution in [0.2, 0.25) is 0 Å². The van der Waals surface area contributed by atoms with Crippen LogP contribution in [0.4, 0.5) is 4.39 Å². The second-order valence-electron chi connectivity index (χ2n) is 3.68. The number of ketones is 1. The molecule has 0 radical (unpaired) electrons. The molecule has 0 amide bonds. The molecule has 15 heavy (non-hydrogen) atoms. The van der Waals surface area contributed by atoms with E-state index in [0.717, 1.165) is 12.8 Å². The van der Waals surface area contributed by atoms with E-state index in [1.165, 1.54) is 24.3 Å². The maximum absolute atomic E-state index is 12.6. The zero-order valence-corrected chi connectivity index (χ0v) is 8.93. The fraction of sp³-hybridized carbons (Fsp3) is 0.364. The minimum absolute atomic E-state index is 0.0658. The molecular formula is C11H11FO2S. The molecule has 0 aromatic heterocycles. The van der Waals surface area contributed by atoms with Crippen LogP contribution in [0.1, 0.15) is 12.8 Å². The minimum Gasteiger partial charge on any atom is -0.298 e. The van der Waals surface area contributed by atoms with Gasteiger partial charge >= 0.3 is 0 Å². The normalized spacial score (nSPS) is 17.4. The molecule has 1 aromatic rings.